The maximum atomic E-state index is 11.7. The summed E-state index contributed by atoms with van der Waals surface area (Å²) in [7, 11) is 0. The van der Waals surface area contributed by atoms with Crippen LogP contribution < -0.4 is 10.9 Å². The average molecular weight is 319 g/mol. The Hall–Kier alpha value is -2.04. The first-order valence-electron chi connectivity index (χ1n) is 7.14. The summed E-state index contributed by atoms with van der Waals surface area (Å²) in [4.78, 5) is 11.7. The molecule has 0 bridgehead atoms. The van der Waals surface area contributed by atoms with E-state index in [0.29, 0.717) is 17.2 Å². The Labute approximate surface area is 132 Å². The summed E-state index contributed by atoms with van der Waals surface area (Å²) in [5, 5.41) is 3.65. The van der Waals surface area contributed by atoms with Gasteiger partial charge < -0.3 is 14.2 Å². The molecule has 0 unspecified atom stereocenters. The lowest BCUT2D eigenvalue weighted by Crippen LogP contribution is -2.83. The molecule has 0 aliphatic heterocycles. The second-order valence-electron chi connectivity index (χ2n) is 5.43. The minimum absolute atomic E-state index is 0.165. The fourth-order valence-corrected chi connectivity index (χ4v) is 2.65. The van der Waals surface area contributed by atoms with Crippen molar-refractivity contribution in [3.05, 3.63) is 68.9 Å². The van der Waals surface area contributed by atoms with Crippen molar-refractivity contribution in [1.82, 2.24) is 0 Å². The SMILES string of the molecule is Cc1cc2oc(=O)cc(C[NH2+][C@H](C)c3ccco3)c2cc1Cl. The molecule has 0 spiro atoms. The highest BCUT2D eigenvalue weighted by atomic mass is 35.5. The van der Waals surface area contributed by atoms with Gasteiger partial charge in [-0.25, -0.2) is 4.79 Å². The van der Waals surface area contributed by atoms with Crippen LogP contribution in [0.25, 0.3) is 11.0 Å². The zero-order valence-corrected chi connectivity index (χ0v) is 13.2. The lowest BCUT2D eigenvalue weighted by Gasteiger charge is -2.10. The van der Waals surface area contributed by atoms with Crippen LogP contribution in [0.2, 0.25) is 5.02 Å². The molecule has 1 aromatic carbocycles. The van der Waals surface area contributed by atoms with Gasteiger partial charge in [0.1, 0.15) is 18.2 Å². The molecule has 3 aromatic rings. The summed E-state index contributed by atoms with van der Waals surface area (Å²) in [6.45, 7) is 4.59. The van der Waals surface area contributed by atoms with Crippen molar-refractivity contribution in [2.24, 2.45) is 0 Å². The van der Waals surface area contributed by atoms with Crippen molar-refractivity contribution in [2.75, 3.05) is 0 Å². The van der Waals surface area contributed by atoms with Gasteiger partial charge >= 0.3 is 5.63 Å². The van der Waals surface area contributed by atoms with E-state index in [0.717, 1.165) is 22.3 Å². The van der Waals surface area contributed by atoms with Crippen LogP contribution in [0.3, 0.4) is 0 Å². The molecular weight excluding hydrogens is 302 g/mol. The quantitative estimate of drug-likeness (QED) is 0.752. The Morgan fingerprint density at radius 1 is 1.32 bits per heavy atom. The first-order valence-corrected chi connectivity index (χ1v) is 7.52. The third-order valence-electron chi connectivity index (χ3n) is 3.79. The van der Waals surface area contributed by atoms with Gasteiger partial charge in [-0.2, -0.15) is 0 Å². The van der Waals surface area contributed by atoms with E-state index < -0.39 is 0 Å². The van der Waals surface area contributed by atoms with Crippen LogP contribution in [0, 0.1) is 6.92 Å². The van der Waals surface area contributed by atoms with Gasteiger partial charge in [0.25, 0.3) is 0 Å². The van der Waals surface area contributed by atoms with Crippen LogP contribution in [0.4, 0.5) is 0 Å². The Balaban J connectivity index is 1.93. The minimum Gasteiger partial charge on any atom is -0.463 e. The molecule has 0 amide bonds. The van der Waals surface area contributed by atoms with Crippen LogP contribution in [0.15, 0.2) is 50.2 Å². The first kappa shape index (κ1) is 14.9. The summed E-state index contributed by atoms with van der Waals surface area (Å²) < 4.78 is 10.7. The van der Waals surface area contributed by atoms with E-state index >= 15 is 0 Å². The lowest BCUT2D eigenvalue weighted by molar-refractivity contribution is -0.709. The van der Waals surface area contributed by atoms with E-state index in [2.05, 4.69) is 12.2 Å². The molecule has 4 nitrogen and oxygen atoms in total. The van der Waals surface area contributed by atoms with E-state index in [1.165, 1.54) is 6.07 Å². The fraction of sp³-hybridized carbons (Fsp3) is 0.235. The predicted molar refractivity (Wildman–Crippen MR) is 85.0 cm³/mol. The summed E-state index contributed by atoms with van der Waals surface area (Å²) in [6.07, 6.45) is 1.66. The Kier molecular flexibility index (Phi) is 4.05. The van der Waals surface area contributed by atoms with Gasteiger partial charge in [-0.3, -0.25) is 0 Å². The molecule has 0 aliphatic rings. The molecule has 22 heavy (non-hydrogen) atoms. The van der Waals surface area contributed by atoms with Crippen LogP contribution >= 0.6 is 11.6 Å². The lowest BCUT2D eigenvalue weighted by atomic mass is 10.1. The second kappa shape index (κ2) is 5.99. The van der Waals surface area contributed by atoms with E-state index in [-0.39, 0.29) is 11.7 Å². The molecular formula is C17H17ClNO3+. The predicted octanol–water partition coefficient (Wildman–Crippen LogP) is 3.17. The summed E-state index contributed by atoms with van der Waals surface area (Å²) >= 11 is 6.20. The van der Waals surface area contributed by atoms with E-state index in [1.807, 2.05) is 25.1 Å². The van der Waals surface area contributed by atoms with Gasteiger partial charge in [0.15, 0.2) is 5.76 Å². The molecule has 2 heterocycles. The van der Waals surface area contributed by atoms with Crippen LogP contribution in [-0.4, -0.2) is 0 Å². The van der Waals surface area contributed by atoms with Crippen LogP contribution in [0.5, 0.6) is 0 Å². The van der Waals surface area contributed by atoms with Gasteiger partial charge in [0, 0.05) is 22.0 Å². The van der Waals surface area contributed by atoms with Gasteiger partial charge in [-0.05, 0) is 43.7 Å². The second-order valence-corrected chi connectivity index (χ2v) is 5.84. The maximum Gasteiger partial charge on any atom is 0.336 e. The molecule has 3 rings (SSSR count). The topological polar surface area (TPSA) is 60.0 Å². The number of fused-ring (bicyclic) bond motifs is 1. The van der Waals surface area contributed by atoms with Crippen molar-refractivity contribution in [3.63, 3.8) is 0 Å². The molecule has 5 heteroatoms. The molecule has 0 saturated heterocycles. The first-order chi connectivity index (χ1) is 10.5. The third kappa shape index (κ3) is 2.93. The number of hydrogen-bond donors (Lipinski definition) is 1. The molecule has 0 saturated carbocycles. The van der Waals surface area contributed by atoms with E-state index in [9.17, 15) is 4.79 Å². The Morgan fingerprint density at radius 3 is 2.86 bits per heavy atom. The number of quaternary nitrogens is 1. The highest BCUT2D eigenvalue weighted by Gasteiger charge is 2.14. The number of benzene rings is 1. The highest BCUT2D eigenvalue weighted by molar-refractivity contribution is 6.32. The molecule has 0 fully saturated rings. The monoisotopic (exact) mass is 318 g/mol. The number of nitrogens with two attached hydrogens (primary N) is 1. The Morgan fingerprint density at radius 2 is 2.14 bits per heavy atom. The molecule has 114 valence electrons. The van der Waals surface area contributed by atoms with Crippen molar-refractivity contribution in [2.45, 2.75) is 26.4 Å². The van der Waals surface area contributed by atoms with Gasteiger partial charge in [0.05, 0.1) is 6.26 Å². The number of furan rings is 1. The third-order valence-corrected chi connectivity index (χ3v) is 4.20. The zero-order chi connectivity index (χ0) is 15.7. The van der Waals surface area contributed by atoms with E-state index in [4.69, 9.17) is 20.4 Å². The number of halogens is 1. The van der Waals surface area contributed by atoms with Crippen molar-refractivity contribution in [3.8, 4) is 0 Å². The number of rotatable bonds is 4. The largest absolute Gasteiger partial charge is 0.463 e. The molecule has 2 aromatic heterocycles. The van der Waals surface area contributed by atoms with E-state index in [1.54, 1.807) is 12.3 Å². The number of aryl methyl sites for hydroxylation is 1. The minimum atomic E-state index is -0.344. The zero-order valence-electron chi connectivity index (χ0n) is 12.4. The Bertz CT molecular complexity index is 852. The van der Waals surface area contributed by atoms with Crippen LogP contribution in [0.1, 0.15) is 29.9 Å². The number of hydrogen-bond acceptors (Lipinski definition) is 3. The highest BCUT2D eigenvalue weighted by Crippen LogP contribution is 2.24. The van der Waals surface area contributed by atoms with Crippen LogP contribution in [-0.2, 0) is 6.54 Å². The van der Waals surface area contributed by atoms with Gasteiger partial charge in [-0.15, -0.1) is 0 Å². The van der Waals surface area contributed by atoms with Gasteiger partial charge in [-0.1, -0.05) is 11.6 Å². The smallest absolute Gasteiger partial charge is 0.336 e. The summed E-state index contributed by atoms with van der Waals surface area (Å²) in [5.74, 6) is 0.904. The summed E-state index contributed by atoms with van der Waals surface area (Å²) in [6, 6.07) is 9.17. The average Bonchev–Trinajstić information content (AvgIpc) is 3.00. The standard InChI is InChI=1S/C17H16ClNO3/c1-10-6-16-13(8-14(10)18)12(7-17(20)22-16)9-19-11(2)15-4-3-5-21-15/h3-8,11,19H,9H2,1-2H3/p+1/t11-/m1/s1. The fourth-order valence-electron chi connectivity index (χ4n) is 2.49. The van der Waals surface area contributed by atoms with Crippen molar-refractivity contribution in [1.29, 1.82) is 0 Å². The summed E-state index contributed by atoms with van der Waals surface area (Å²) in [5.41, 5.74) is 2.03. The van der Waals surface area contributed by atoms with Crippen molar-refractivity contribution < 1.29 is 14.2 Å². The maximum absolute atomic E-state index is 11.7. The molecule has 0 radical (unpaired) electrons. The molecule has 2 N–H and O–H groups in total. The van der Waals surface area contributed by atoms with Crippen molar-refractivity contribution >= 4 is 22.6 Å². The van der Waals surface area contributed by atoms with Gasteiger partial charge in [0.2, 0.25) is 0 Å². The normalized spacial score (nSPS) is 12.7. The molecule has 0 aliphatic carbocycles. The molecule has 1 atom stereocenters.